The molecular formula is C32H27N7O3. The molecule has 5 aromatic rings. The molecule has 0 radical (unpaired) electrons. The molecule has 0 aliphatic carbocycles. The number of aromatic nitrogens is 4. The fourth-order valence-electron chi connectivity index (χ4n) is 4.56. The molecule has 3 heterocycles. The van der Waals surface area contributed by atoms with Crippen LogP contribution in [0, 0.1) is 11.8 Å². The molecule has 3 aromatic heterocycles. The molecular weight excluding hydrogens is 530 g/mol. The van der Waals surface area contributed by atoms with E-state index in [1.807, 2.05) is 18.2 Å². The molecule has 10 heteroatoms. The molecule has 0 fully saturated rings. The number of anilines is 1. The molecule has 2 aromatic carbocycles. The second kappa shape index (κ2) is 12.1. The lowest BCUT2D eigenvalue weighted by atomic mass is 10.1. The SMILES string of the molecule is C=CC(=O)NCCC#Cc1cccc2nc([C@H](C)NC(=O)c3c(N)ncc4cccnc34)n(-c3ccccc3)c(=O)c12. The number of carbonyl (C=O) groups excluding carboxylic acids is 2. The van der Waals surface area contributed by atoms with Crippen LogP contribution in [0.25, 0.3) is 27.5 Å². The molecule has 0 bridgehead atoms. The lowest BCUT2D eigenvalue weighted by molar-refractivity contribution is -0.116. The van der Waals surface area contributed by atoms with Crippen molar-refractivity contribution in [2.45, 2.75) is 19.4 Å². The van der Waals surface area contributed by atoms with E-state index in [0.29, 0.717) is 51.8 Å². The van der Waals surface area contributed by atoms with Crippen LogP contribution in [0.1, 0.15) is 41.1 Å². The van der Waals surface area contributed by atoms with Crippen molar-refractivity contribution in [3.63, 3.8) is 0 Å². The summed E-state index contributed by atoms with van der Waals surface area (Å²) in [4.78, 5) is 52.3. The first-order valence-electron chi connectivity index (χ1n) is 13.2. The number of fused-ring (bicyclic) bond motifs is 2. The Labute approximate surface area is 241 Å². The molecule has 208 valence electrons. The van der Waals surface area contributed by atoms with E-state index in [2.05, 4.69) is 39.0 Å². The molecule has 2 amide bonds. The van der Waals surface area contributed by atoms with Crippen LogP contribution in [0.3, 0.4) is 0 Å². The fourth-order valence-corrected chi connectivity index (χ4v) is 4.56. The molecule has 0 aliphatic rings. The van der Waals surface area contributed by atoms with E-state index in [1.54, 1.807) is 61.8 Å². The zero-order chi connectivity index (χ0) is 29.6. The summed E-state index contributed by atoms with van der Waals surface area (Å²) in [5.74, 6) is 5.65. The number of pyridine rings is 2. The van der Waals surface area contributed by atoms with Gasteiger partial charge in [0.1, 0.15) is 17.2 Å². The average molecular weight is 558 g/mol. The van der Waals surface area contributed by atoms with Gasteiger partial charge < -0.3 is 16.4 Å². The van der Waals surface area contributed by atoms with Gasteiger partial charge in [-0.3, -0.25) is 23.9 Å². The number of nitrogen functional groups attached to an aromatic ring is 1. The topological polar surface area (TPSA) is 145 Å². The van der Waals surface area contributed by atoms with Gasteiger partial charge in [0.25, 0.3) is 11.5 Å². The predicted molar refractivity (Wildman–Crippen MR) is 162 cm³/mol. The average Bonchev–Trinajstić information content (AvgIpc) is 3.00. The summed E-state index contributed by atoms with van der Waals surface area (Å²) in [7, 11) is 0. The van der Waals surface area contributed by atoms with Gasteiger partial charge in [-0.25, -0.2) is 9.97 Å². The standard InChI is InChI=1S/C32H27N7O3/c1-3-25(40)34-17-8-7-11-21-12-9-16-24-26(21)32(42)39(23-14-5-4-6-15-23)30(38-24)20(2)37-31(41)27-28-22(13-10-18-35-28)19-36-29(27)33/h3-6,9-10,12-16,18-20H,1,8,17H2,2H3,(H2,33,36)(H,34,40)(H,37,41)/t20-/m0/s1. The minimum atomic E-state index is -0.712. The summed E-state index contributed by atoms with van der Waals surface area (Å²) in [6, 6.07) is 17.2. The van der Waals surface area contributed by atoms with Gasteiger partial charge >= 0.3 is 0 Å². The molecule has 4 N–H and O–H groups in total. The van der Waals surface area contributed by atoms with Crippen LogP contribution in [0.5, 0.6) is 0 Å². The van der Waals surface area contributed by atoms with Gasteiger partial charge in [-0.1, -0.05) is 42.7 Å². The number of para-hydroxylation sites is 1. The third kappa shape index (κ3) is 5.57. The highest BCUT2D eigenvalue weighted by molar-refractivity contribution is 6.09. The van der Waals surface area contributed by atoms with Crippen LogP contribution in [0.2, 0.25) is 0 Å². The van der Waals surface area contributed by atoms with E-state index in [4.69, 9.17) is 10.7 Å². The lowest BCUT2D eigenvalue weighted by Gasteiger charge is -2.20. The van der Waals surface area contributed by atoms with Gasteiger partial charge in [-0.05, 0) is 49.4 Å². The Morgan fingerprint density at radius 2 is 1.90 bits per heavy atom. The number of rotatable bonds is 7. The smallest absolute Gasteiger partial charge is 0.267 e. The first-order valence-corrected chi connectivity index (χ1v) is 13.2. The molecule has 0 spiro atoms. The second-order valence-electron chi connectivity index (χ2n) is 9.35. The van der Waals surface area contributed by atoms with E-state index in [-0.39, 0.29) is 22.8 Å². The van der Waals surface area contributed by atoms with Gasteiger partial charge in [0.2, 0.25) is 5.91 Å². The number of hydrogen-bond acceptors (Lipinski definition) is 7. The summed E-state index contributed by atoms with van der Waals surface area (Å²) >= 11 is 0. The molecule has 42 heavy (non-hydrogen) atoms. The van der Waals surface area contributed by atoms with Crippen molar-refractivity contribution in [2.75, 3.05) is 12.3 Å². The largest absolute Gasteiger partial charge is 0.383 e. The number of nitrogens with two attached hydrogens (primary N) is 1. The van der Waals surface area contributed by atoms with Gasteiger partial charge in [-0.2, -0.15) is 0 Å². The van der Waals surface area contributed by atoms with Crippen LogP contribution in [0.4, 0.5) is 5.82 Å². The Bertz CT molecular complexity index is 1960. The molecule has 0 aliphatic heterocycles. The molecule has 5 rings (SSSR count). The van der Waals surface area contributed by atoms with E-state index in [9.17, 15) is 14.4 Å². The Hall–Kier alpha value is -5.82. The Balaban J connectivity index is 1.57. The number of benzene rings is 2. The first kappa shape index (κ1) is 27.7. The van der Waals surface area contributed by atoms with Crippen molar-refractivity contribution in [1.82, 2.24) is 30.2 Å². The van der Waals surface area contributed by atoms with E-state index in [1.165, 1.54) is 10.6 Å². The second-order valence-corrected chi connectivity index (χ2v) is 9.35. The summed E-state index contributed by atoms with van der Waals surface area (Å²) in [6.45, 7) is 5.52. The van der Waals surface area contributed by atoms with Crippen molar-refractivity contribution in [3.05, 3.63) is 113 Å². The van der Waals surface area contributed by atoms with E-state index < -0.39 is 11.9 Å². The lowest BCUT2D eigenvalue weighted by Crippen LogP contribution is -2.34. The summed E-state index contributed by atoms with van der Waals surface area (Å²) in [6.07, 6.45) is 4.73. The Kier molecular flexibility index (Phi) is 8.02. The monoisotopic (exact) mass is 557 g/mol. The zero-order valence-electron chi connectivity index (χ0n) is 22.8. The van der Waals surface area contributed by atoms with Crippen LogP contribution >= 0.6 is 0 Å². The van der Waals surface area contributed by atoms with Crippen molar-refractivity contribution in [2.24, 2.45) is 0 Å². The van der Waals surface area contributed by atoms with Gasteiger partial charge in [0, 0.05) is 36.3 Å². The Morgan fingerprint density at radius 3 is 2.69 bits per heavy atom. The summed E-state index contributed by atoms with van der Waals surface area (Å²) < 4.78 is 1.48. The number of hydrogen-bond donors (Lipinski definition) is 3. The number of nitrogens with one attached hydrogen (secondary N) is 2. The van der Waals surface area contributed by atoms with E-state index >= 15 is 0 Å². The van der Waals surface area contributed by atoms with Gasteiger partial charge in [0.05, 0.1) is 28.1 Å². The third-order valence-corrected chi connectivity index (χ3v) is 6.53. The number of nitrogens with zero attached hydrogens (tertiary/aromatic N) is 4. The molecule has 0 saturated carbocycles. The number of carbonyl (C=O) groups is 2. The highest BCUT2D eigenvalue weighted by Gasteiger charge is 2.23. The highest BCUT2D eigenvalue weighted by Crippen LogP contribution is 2.23. The molecule has 0 unspecified atom stereocenters. The van der Waals surface area contributed by atoms with Crippen LogP contribution in [0.15, 0.2) is 90.5 Å². The van der Waals surface area contributed by atoms with Crippen molar-refractivity contribution >= 4 is 39.4 Å². The quantitative estimate of drug-likeness (QED) is 0.158. The predicted octanol–water partition coefficient (Wildman–Crippen LogP) is 3.45. The fraction of sp³-hybridized carbons (Fsp3) is 0.125. The zero-order valence-corrected chi connectivity index (χ0v) is 22.8. The minimum absolute atomic E-state index is 0.0464. The van der Waals surface area contributed by atoms with Crippen LogP contribution in [-0.4, -0.2) is 37.9 Å². The Morgan fingerprint density at radius 1 is 1.10 bits per heavy atom. The first-order chi connectivity index (χ1) is 20.4. The van der Waals surface area contributed by atoms with E-state index in [0.717, 1.165) is 0 Å². The van der Waals surface area contributed by atoms with Crippen molar-refractivity contribution in [1.29, 1.82) is 0 Å². The summed E-state index contributed by atoms with van der Waals surface area (Å²) in [5.41, 5.74) is 7.86. The number of amides is 2. The maximum absolute atomic E-state index is 14.1. The van der Waals surface area contributed by atoms with Gasteiger partial charge in [0.15, 0.2) is 0 Å². The highest BCUT2D eigenvalue weighted by atomic mass is 16.2. The van der Waals surface area contributed by atoms with Crippen LogP contribution < -0.4 is 21.9 Å². The maximum Gasteiger partial charge on any atom is 0.267 e. The van der Waals surface area contributed by atoms with Crippen LogP contribution in [-0.2, 0) is 4.79 Å². The minimum Gasteiger partial charge on any atom is -0.383 e. The van der Waals surface area contributed by atoms with Gasteiger partial charge in [-0.15, -0.1) is 0 Å². The normalized spacial score (nSPS) is 11.4. The molecule has 10 nitrogen and oxygen atoms in total. The van der Waals surface area contributed by atoms with Crippen molar-refractivity contribution < 1.29 is 9.59 Å². The maximum atomic E-state index is 14.1. The molecule has 1 atom stereocenters. The molecule has 0 saturated heterocycles. The third-order valence-electron chi connectivity index (χ3n) is 6.53. The summed E-state index contributed by atoms with van der Waals surface area (Å²) in [5, 5.41) is 6.62. The van der Waals surface area contributed by atoms with Crippen molar-refractivity contribution in [3.8, 4) is 17.5 Å².